The molecule has 0 radical (unpaired) electrons. The third kappa shape index (κ3) is 3.03. The molecule has 1 fully saturated rings. The van der Waals surface area contributed by atoms with Crippen molar-refractivity contribution >= 4 is 22.6 Å². The molecule has 1 unspecified atom stereocenters. The van der Waals surface area contributed by atoms with Gasteiger partial charge < -0.3 is 24.7 Å². The van der Waals surface area contributed by atoms with Crippen LogP contribution in [0, 0.1) is 0 Å². The van der Waals surface area contributed by atoms with E-state index in [1.54, 1.807) is 23.1 Å². The Morgan fingerprint density at radius 2 is 2.00 bits per heavy atom. The molecule has 2 aliphatic heterocycles. The number of para-hydroxylation sites is 1. The maximum Gasteiger partial charge on any atom is 0.239 e. The summed E-state index contributed by atoms with van der Waals surface area (Å²) in [5, 5.41) is 4.25. The van der Waals surface area contributed by atoms with Crippen molar-refractivity contribution in [3.05, 3.63) is 59.3 Å². The molecule has 7 heteroatoms. The minimum atomic E-state index is -0.351. The number of nitrogens with zero attached hydrogens (tertiary/aromatic N) is 1. The number of benzene rings is 2. The van der Waals surface area contributed by atoms with Gasteiger partial charge in [-0.05, 0) is 36.2 Å². The number of aromatic nitrogens is 1. The number of H-pyrrole nitrogens is 1. The molecule has 148 valence electrons. The zero-order chi connectivity index (χ0) is 20.0. The van der Waals surface area contributed by atoms with Gasteiger partial charge in [0, 0.05) is 36.6 Å². The third-order valence-electron chi connectivity index (χ3n) is 5.60. The summed E-state index contributed by atoms with van der Waals surface area (Å²) in [5.41, 5.74) is 2.75. The first kappa shape index (κ1) is 17.8. The standard InChI is InChI=1S/C22H21N3O4/c1-25-9-8-23-17(22(25)27)11-15-14-4-2-3-5-16(14)24-20(15)21(26)13-6-7-18-19(10-13)29-12-28-18/h2-7,10,17,23-24H,8-9,11-12H2,1H3. The smallest absolute Gasteiger partial charge is 0.239 e. The van der Waals surface area contributed by atoms with Gasteiger partial charge in [-0.25, -0.2) is 0 Å². The number of ketones is 1. The van der Waals surface area contributed by atoms with Gasteiger partial charge in [0.15, 0.2) is 11.5 Å². The van der Waals surface area contributed by atoms with Gasteiger partial charge >= 0.3 is 0 Å². The van der Waals surface area contributed by atoms with E-state index in [1.165, 1.54) is 0 Å². The first-order chi connectivity index (χ1) is 14.1. The SMILES string of the molecule is CN1CCNC(Cc2c(C(=O)c3ccc4c(c3)OCO4)[nH]c3ccccc23)C1=O. The second-order valence-electron chi connectivity index (χ2n) is 7.39. The number of fused-ring (bicyclic) bond motifs is 2. The van der Waals surface area contributed by atoms with Gasteiger partial charge in [-0.1, -0.05) is 18.2 Å². The first-order valence-electron chi connectivity index (χ1n) is 9.64. The lowest BCUT2D eigenvalue weighted by molar-refractivity contribution is -0.134. The molecule has 7 nitrogen and oxygen atoms in total. The van der Waals surface area contributed by atoms with Crippen LogP contribution in [-0.4, -0.2) is 54.5 Å². The van der Waals surface area contributed by atoms with Gasteiger partial charge in [0.1, 0.15) is 0 Å². The molecule has 2 aliphatic rings. The van der Waals surface area contributed by atoms with E-state index in [-0.39, 0.29) is 24.5 Å². The summed E-state index contributed by atoms with van der Waals surface area (Å²) >= 11 is 0. The molecule has 2 aromatic carbocycles. The summed E-state index contributed by atoms with van der Waals surface area (Å²) < 4.78 is 10.8. The first-order valence-corrected chi connectivity index (χ1v) is 9.64. The van der Waals surface area contributed by atoms with Crippen LogP contribution in [0.15, 0.2) is 42.5 Å². The van der Waals surface area contributed by atoms with Gasteiger partial charge in [-0.2, -0.15) is 0 Å². The summed E-state index contributed by atoms with van der Waals surface area (Å²) in [7, 11) is 1.81. The molecule has 1 saturated heterocycles. The Bertz CT molecular complexity index is 1120. The van der Waals surface area contributed by atoms with Crippen LogP contribution in [0.25, 0.3) is 10.9 Å². The van der Waals surface area contributed by atoms with Crippen molar-refractivity contribution in [1.29, 1.82) is 0 Å². The molecule has 3 aromatic rings. The Labute approximate surface area is 167 Å². The fraction of sp³-hybridized carbons (Fsp3) is 0.273. The van der Waals surface area contributed by atoms with E-state index in [1.807, 2.05) is 31.3 Å². The minimum Gasteiger partial charge on any atom is -0.454 e. The maximum absolute atomic E-state index is 13.4. The monoisotopic (exact) mass is 391 g/mol. The number of aromatic amines is 1. The zero-order valence-corrected chi connectivity index (χ0v) is 16.0. The predicted molar refractivity (Wildman–Crippen MR) is 107 cm³/mol. The van der Waals surface area contributed by atoms with Crippen molar-refractivity contribution in [3.63, 3.8) is 0 Å². The van der Waals surface area contributed by atoms with E-state index in [2.05, 4.69) is 10.3 Å². The molecule has 1 aromatic heterocycles. The quantitative estimate of drug-likeness (QED) is 0.666. The van der Waals surface area contributed by atoms with Crippen LogP contribution in [0.1, 0.15) is 21.6 Å². The van der Waals surface area contributed by atoms with Crippen molar-refractivity contribution in [1.82, 2.24) is 15.2 Å². The number of nitrogens with one attached hydrogen (secondary N) is 2. The van der Waals surface area contributed by atoms with E-state index in [9.17, 15) is 9.59 Å². The topological polar surface area (TPSA) is 83.7 Å². The molecule has 2 N–H and O–H groups in total. The van der Waals surface area contributed by atoms with Crippen LogP contribution in [0.4, 0.5) is 0 Å². The molecule has 1 amide bonds. The van der Waals surface area contributed by atoms with E-state index in [4.69, 9.17) is 9.47 Å². The number of ether oxygens (including phenoxy) is 2. The lowest BCUT2D eigenvalue weighted by Crippen LogP contribution is -2.54. The summed E-state index contributed by atoms with van der Waals surface area (Å²) in [6, 6.07) is 12.6. The highest BCUT2D eigenvalue weighted by Gasteiger charge is 2.29. The summed E-state index contributed by atoms with van der Waals surface area (Å²) in [4.78, 5) is 31.0. The van der Waals surface area contributed by atoms with Crippen LogP contribution in [0.5, 0.6) is 11.5 Å². The molecule has 5 rings (SSSR count). The van der Waals surface area contributed by atoms with Gasteiger partial charge in [0.2, 0.25) is 18.5 Å². The second-order valence-corrected chi connectivity index (χ2v) is 7.39. The number of likely N-dealkylation sites (N-methyl/N-ethyl adjacent to an activating group) is 1. The van der Waals surface area contributed by atoms with Crippen LogP contribution in [-0.2, 0) is 11.2 Å². The number of amides is 1. The van der Waals surface area contributed by atoms with E-state index >= 15 is 0 Å². The number of rotatable bonds is 4. The molecule has 0 bridgehead atoms. The van der Waals surface area contributed by atoms with Crippen molar-refractivity contribution in [2.45, 2.75) is 12.5 Å². The molecule has 29 heavy (non-hydrogen) atoms. The van der Waals surface area contributed by atoms with Gasteiger partial charge in [0.05, 0.1) is 11.7 Å². The van der Waals surface area contributed by atoms with Crippen LogP contribution >= 0.6 is 0 Å². The van der Waals surface area contributed by atoms with Gasteiger partial charge in [0.25, 0.3) is 0 Å². The number of piperazine rings is 1. The Kier molecular flexibility index (Phi) is 4.24. The molecular weight excluding hydrogens is 370 g/mol. The number of hydrogen-bond donors (Lipinski definition) is 2. The Balaban J connectivity index is 1.56. The van der Waals surface area contributed by atoms with Crippen LogP contribution < -0.4 is 14.8 Å². The fourth-order valence-corrected chi connectivity index (χ4v) is 4.02. The van der Waals surface area contributed by atoms with Crippen molar-refractivity contribution in [2.75, 3.05) is 26.9 Å². The molecule has 1 atom stereocenters. The number of carbonyl (C=O) groups excluding carboxylic acids is 2. The Morgan fingerprint density at radius 3 is 2.90 bits per heavy atom. The molecule has 0 aliphatic carbocycles. The fourth-order valence-electron chi connectivity index (χ4n) is 4.02. The average molecular weight is 391 g/mol. The highest BCUT2D eigenvalue weighted by Crippen LogP contribution is 2.34. The normalized spacial score (nSPS) is 18.4. The summed E-state index contributed by atoms with van der Waals surface area (Å²) in [6.07, 6.45) is 0.443. The van der Waals surface area contributed by atoms with Crippen LogP contribution in [0.3, 0.4) is 0 Å². The lowest BCUT2D eigenvalue weighted by atomic mass is 9.96. The minimum absolute atomic E-state index is 0.0445. The zero-order valence-electron chi connectivity index (χ0n) is 16.0. The van der Waals surface area contributed by atoms with Gasteiger partial charge in [-0.3, -0.25) is 9.59 Å². The van der Waals surface area contributed by atoms with Crippen molar-refractivity contribution in [3.8, 4) is 11.5 Å². The van der Waals surface area contributed by atoms with Crippen LogP contribution in [0.2, 0.25) is 0 Å². The molecule has 0 saturated carbocycles. The summed E-state index contributed by atoms with van der Waals surface area (Å²) in [6.45, 7) is 1.58. The van der Waals surface area contributed by atoms with Crippen molar-refractivity contribution in [2.24, 2.45) is 0 Å². The molecule has 3 heterocycles. The predicted octanol–water partition coefficient (Wildman–Crippen LogP) is 2.10. The van der Waals surface area contributed by atoms with Gasteiger partial charge in [-0.15, -0.1) is 0 Å². The van der Waals surface area contributed by atoms with E-state index in [0.29, 0.717) is 35.7 Å². The molecule has 0 spiro atoms. The largest absolute Gasteiger partial charge is 0.454 e. The van der Waals surface area contributed by atoms with Crippen molar-refractivity contribution < 1.29 is 19.1 Å². The number of carbonyl (C=O) groups is 2. The Hall–Kier alpha value is -3.32. The van der Waals surface area contributed by atoms with E-state index < -0.39 is 0 Å². The highest BCUT2D eigenvalue weighted by molar-refractivity contribution is 6.12. The average Bonchev–Trinajstić information content (AvgIpc) is 3.35. The number of hydrogen-bond acceptors (Lipinski definition) is 5. The second kappa shape index (κ2) is 6.93. The lowest BCUT2D eigenvalue weighted by Gasteiger charge is -2.30. The third-order valence-corrected chi connectivity index (χ3v) is 5.60. The summed E-state index contributed by atoms with van der Waals surface area (Å²) in [5.74, 6) is 1.12. The van der Waals surface area contributed by atoms with E-state index in [0.717, 1.165) is 23.0 Å². The Morgan fingerprint density at radius 1 is 1.17 bits per heavy atom. The maximum atomic E-state index is 13.4. The molecular formula is C22H21N3O4. The highest BCUT2D eigenvalue weighted by atomic mass is 16.7.